The molecule has 1 aromatic heterocycles. The van der Waals surface area contributed by atoms with Crippen LogP contribution in [0.2, 0.25) is 0 Å². The van der Waals surface area contributed by atoms with Crippen LogP contribution in [0.4, 0.5) is 27.4 Å². The summed E-state index contributed by atoms with van der Waals surface area (Å²) in [4.78, 5) is 8.81. The zero-order valence-electron chi connectivity index (χ0n) is 13.9. The summed E-state index contributed by atoms with van der Waals surface area (Å²) in [5.74, 6) is 1.74. The number of rotatable bonds is 4. The van der Waals surface area contributed by atoms with Gasteiger partial charge in [0.05, 0.1) is 0 Å². The van der Waals surface area contributed by atoms with Gasteiger partial charge < -0.3 is 10.6 Å². The molecule has 0 saturated heterocycles. The van der Waals surface area contributed by atoms with Crippen LogP contribution in [0.15, 0.2) is 48.5 Å². The van der Waals surface area contributed by atoms with Crippen molar-refractivity contribution in [2.24, 2.45) is 0 Å². The summed E-state index contributed by atoms with van der Waals surface area (Å²) >= 11 is 0. The van der Waals surface area contributed by atoms with Crippen LogP contribution < -0.4 is 10.6 Å². The minimum atomic E-state index is -0.267. The predicted molar refractivity (Wildman–Crippen MR) is 95.7 cm³/mol. The highest BCUT2D eigenvalue weighted by atomic mass is 19.1. The van der Waals surface area contributed by atoms with Crippen molar-refractivity contribution in [3.63, 3.8) is 0 Å². The Bertz CT molecular complexity index is 860. The summed E-state index contributed by atoms with van der Waals surface area (Å²) in [5, 5.41) is 6.50. The zero-order valence-corrected chi connectivity index (χ0v) is 13.9. The fourth-order valence-corrected chi connectivity index (χ4v) is 2.39. The molecule has 2 N–H and O–H groups in total. The number of aryl methyl sites for hydroxylation is 3. The normalized spacial score (nSPS) is 10.5. The van der Waals surface area contributed by atoms with Crippen molar-refractivity contribution >= 4 is 23.0 Å². The third kappa shape index (κ3) is 3.87. The first kappa shape index (κ1) is 15.9. The molecule has 3 aromatic rings. The maximum atomic E-state index is 13.0. The van der Waals surface area contributed by atoms with Crippen molar-refractivity contribution in [2.75, 3.05) is 10.6 Å². The molecule has 0 fully saturated rings. The first-order valence-corrected chi connectivity index (χ1v) is 7.72. The van der Waals surface area contributed by atoms with E-state index < -0.39 is 0 Å². The lowest BCUT2D eigenvalue weighted by molar-refractivity contribution is 0.628. The molecule has 122 valence electrons. The summed E-state index contributed by atoms with van der Waals surface area (Å²) in [7, 11) is 0. The average molecular weight is 322 g/mol. The molecule has 1 heterocycles. The Kier molecular flexibility index (Phi) is 4.42. The number of aromatic nitrogens is 2. The monoisotopic (exact) mass is 322 g/mol. The smallest absolute Gasteiger partial charge is 0.136 e. The first-order valence-electron chi connectivity index (χ1n) is 7.72. The van der Waals surface area contributed by atoms with Crippen LogP contribution in [-0.4, -0.2) is 9.97 Å². The maximum Gasteiger partial charge on any atom is 0.136 e. The van der Waals surface area contributed by atoms with Gasteiger partial charge in [0.25, 0.3) is 0 Å². The summed E-state index contributed by atoms with van der Waals surface area (Å²) in [6.45, 7) is 5.94. The lowest BCUT2D eigenvalue weighted by atomic mass is 10.1. The number of hydrogen-bond donors (Lipinski definition) is 2. The van der Waals surface area contributed by atoms with Gasteiger partial charge in [-0.25, -0.2) is 14.4 Å². The van der Waals surface area contributed by atoms with Crippen molar-refractivity contribution in [1.29, 1.82) is 0 Å². The maximum absolute atomic E-state index is 13.0. The van der Waals surface area contributed by atoms with E-state index in [0.717, 1.165) is 16.9 Å². The van der Waals surface area contributed by atoms with Crippen LogP contribution in [-0.2, 0) is 0 Å². The van der Waals surface area contributed by atoms with Gasteiger partial charge in [0.15, 0.2) is 0 Å². The second kappa shape index (κ2) is 6.66. The first-order chi connectivity index (χ1) is 11.5. The molecular weight excluding hydrogens is 303 g/mol. The highest BCUT2D eigenvalue weighted by Crippen LogP contribution is 2.23. The zero-order chi connectivity index (χ0) is 17.1. The lowest BCUT2D eigenvalue weighted by Crippen LogP contribution is -2.02. The van der Waals surface area contributed by atoms with Crippen LogP contribution in [0.25, 0.3) is 0 Å². The number of nitrogens with one attached hydrogen (secondary N) is 2. The highest BCUT2D eigenvalue weighted by molar-refractivity contribution is 5.65. The molecular formula is C19H19FN4. The van der Waals surface area contributed by atoms with Gasteiger partial charge in [-0.1, -0.05) is 12.1 Å². The molecule has 0 bridgehead atoms. The van der Waals surface area contributed by atoms with Gasteiger partial charge in [-0.3, -0.25) is 0 Å². The second-order valence-corrected chi connectivity index (χ2v) is 5.76. The van der Waals surface area contributed by atoms with Crippen molar-refractivity contribution in [3.05, 3.63) is 71.3 Å². The standard InChI is InChI=1S/C19H19FN4/c1-12-4-5-13(2)17(10-12)24-19-11-18(21-14(3)22-19)23-16-8-6-15(20)7-9-16/h4-11H,1-3H3,(H2,21,22,23,24). The van der Waals surface area contributed by atoms with E-state index in [9.17, 15) is 4.39 Å². The number of nitrogens with zero attached hydrogens (tertiary/aromatic N) is 2. The van der Waals surface area contributed by atoms with Crippen LogP contribution in [0.1, 0.15) is 17.0 Å². The van der Waals surface area contributed by atoms with Gasteiger partial charge in [0, 0.05) is 17.4 Å². The molecule has 2 aromatic carbocycles. The van der Waals surface area contributed by atoms with Crippen LogP contribution >= 0.6 is 0 Å². The van der Waals surface area contributed by atoms with Crippen molar-refractivity contribution in [2.45, 2.75) is 20.8 Å². The van der Waals surface area contributed by atoms with Crippen LogP contribution in [0.3, 0.4) is 0 Å². The molecule has 0 aliphatic carbocycles. The summed E-state index contributed by atoms with van der Waals surface area (Å²) < 4.78 is 13.0. The van der Waals surface area contributed by atoms with E-state index in [1.165, 1.54) is 17.7 Å². The number of benzene rings is 2. The average Bonchev–Trinajstić information content (AvgIpc) is 2.53. The van der Waals surface area contributed by atoms with Crippen LogP contribution in [0, 0.1) is 26.6 Å². The topological polar surface area (TPSA) is 49.8 Å². The Morgan fingerprint density at radius 2 is 1.46 bits per heavy atom. The van der Waals surface area contributed by atoms with Gasteiger partial charge in [-0.05, 0) is 62.2 Å². The minimum Gasteiger partial charge on any atom is -0.340 e. The van der Waals surface area contributed by atoms with Crippen molar-refractivity contribution in [3.8, 4) is 0 Å². The molecule has 0 spiro atoms. The predicted octanol–water partition coefficient (Wildman–Crippen LogP) is 5.03. The molecule has 0 aliphatic rings. The van der Waals surface area contributed by atoms with Crippen molar-refractivity contribution < 1.29 is 4.39 Å². The number of anilines is 4. The van der Waals surface area contributed by atoms with E-state index in [4.69, 9.17) is 0 Å². The lowest BCUT2D eigenvalue weighted by Gasteiger charge is -2.12. The summed E-state index contributed by atoms with van der Waals surface area (Å²) in [6, 6.07) is 14.2. The Balaban J connectivity index is 1.85. The number of hydrogen-bond acceptors (Lipinski definition) is 4. The Labute approximate surface area is 140 Å². The Hall–Kier alpha value is -2.95. The van der Waals surface area contributed by atoms with E-state index in [0.29, 0.717) is 17.5 Å². The van der Waals surface area contributed by atoms with Gasteiger partial charge in [0.1, 0.15) is 23.3 Å². The van der Waals surface area contributed by atoms with E-state index in [2.05, 4.69) is 45.7 Å². The van der Waals surface area contributed by atoms with Gasteiger partial charge in [-0.15, -0.1) is 0 Å². The largest absolute Gasteiger partial charge is 0.340 e. The molecule has 4 nitrogen and oxygen atoms in total. The van der Waals surface area contributed by atoms with Gasteiger partial charge in [-0.2, -0.15) is 0 Å². The Morgan fingerprint density at radius 3 is 2.17 bits per heavy atom. The molecule has 0 atom stereocenters. The molecule has 5 heteroatoms. The molecule has 0 radical (unpaired) electrons. The molecule has 0 aliphatic heterocycles. The molecule has 24 heavy (non-hydrogen) atoms. The summed E-state index contributed by atoms with van der Waals surface area (Å²) in [5.41, 5.74) is 4.11. The molecule has 0 amide bonds. The van der Waals surface area contributed by atoms with Crippen LogP contribution in [0.5, 0.6) is 0 Å². The minimum absolute atomic E-state index is 0.267. The quantitative estimate of drug-likeness (QED) is 0.707. The third-order valence-electron chi connectivity index (χ3n) is 3.61. The fourth-order valence-electron chi connectivity index (χ4n) is 2.39. The van der Waals surface area contributed by atoms with Gasteiger partial charge >= 0.3 is 0 Å². The van der Waals surface area contributed by atoms with E-state index >= 15 is 0 Å². The van der Waals surface area contributed by atoms with Gasteiger partial charge in [0.2, 0.25) is 0 Å². The number of halogens is 1. The van der Waals surface area contributed by atoms with E-state index in [1.54, 1.807) is 12.1 Å². The van der Waals surface area contributed by atoms with Crippen molar-refractivity contribution in [1.82, 2.24) is 9.97 Å². The molecule has 3 rings (SSSR count). The summed E-state index contributed by atoms with van der Waals surface area (Å²) in [6.07, 6.45) is 0. The Morgan fingerprint density at radius 1 is 0.792 bits per heavy atom. The SMILES string of the molecule is Cc1ccc(C)c(Nc2cc(Nc3ccc(F)cc3)nc(C)n2)c1. The second-order valence-electron chi connectivity index (χ2n) is 5.76. The third-order valence-corrected chi connectivity index (χ3v) is 3.61. The molecule has 0 unspecified atom stereocenters. The van der Waals surface area contributed by atoms with E-state index in [1.807, 2.05) is 19.9 Å². The van der Waals surface area contributed by atoms with E-state index in [-0.39, 0.29) is 5.82 Å². The highest BCUT2D eigenvalue weighted by Gasteiger charge is 2.05. The molecule has 0 saturated carbocycles. The fraction of sp³-hybridized carbons (Fsp3) is 0.158.